The first kappa shape index (κ1) is 10.9. The molecule has 78 valence electrons. The van der Waals surface area contributed by atoms with Gasteiger partial charge in [-0.25, -0.2) is 8.78 Å². The summed E-state index contributed by atoms with van der Waals surface area (Å²) in [5, 5.41) is 0. The summed E-state index contributed by atoms with van der Waals surface area (Å²) in [4.78, 5) is 0. The van der Waals surface area contributed by atoms with Crippen molar-refractivity contribution in [3.8, 4) is 0 Å². The molecule has 0 heterocycles. The van der Waals surface area contributed by atoms with Crippen molar-refractivity contribution < 1.29 is 8.78 Å². The van der Waals surface area contributed by atoms with Gasteiger partial charge in [0, 0.05) is 18.9 Å². The lowest BCUT2D eigenvalue weighted by atomic mass is 9.92. The first-order chi connectivity index (χ1) is 5.91. The smallest absolute Gasteiger partial charge is 0.248 e. The maximum Gasteiger partial charge on any atom is 0.248 e. The highest BCUT2D eigenvalue weighted by Gasteiger charge is 2.39. The van der Waals surface area contributed by atoms with Crippen molar-refractivity contribution in [1.29, 1.82) is 0 Å². The minimum Gasteiger partial charge on any atom is -0.327 e. The average Bonchev–Trinajstić information content (AvgIpc) is 2.30. The lowest BCUT2D eigenvalue weighted by molar-refractivity contribution is 0.00430. The summed E-state index contributed by atoms with van der Waals surface area (Å²) in [6.07, 6.45) is 1.51. The molecule has 0 bridgehead atoms. The largest absolute Gasteiger partial charge is 0.327 e. The van der Waals surface area contributed by atoms with Crippen molar-refractivity contribution >= 4 is 0 Å². The van der Waals surface area contributed by atoms with Crippen LogP contribution < -0.4 is 5.73 Å². The molecule has 2 unspecified atom stereocenters. The fourth-order valence-electron chi connectivity index (χ4n) is 1.90. The summed E-state index contributed by atoms with van der Waals surface area (Å²) in [6, 6.07) is 0.0823. The van der Waals surface area contributed by atoms with Crippen LogP contribution in [0.25, 0.3) is 0 Å². The highest BCUT2D eigenvalue weighted by atomic mass is 19.3. The molecule has 0 aliphatic heterocycles. The predicted octanol–water partition coefficient (Wildman–Crippen LogP) is 2.80. The zero-order chi connectivity index (χ0) is 10.1. The van der Waals surface area contributed by atoms with E-state index in [2.05, 4.69) is 0 Å². The van der Waals surface area contributed by atoms with Gasteiger partial charge in [-0.2, -0.15) is 0 Å². The molecule has 13 heavy (non-hydrogen) atoms. The Morgan fingerprint density at radius 1 is 1.46 bits per heavy atom. The number of hydrogen-bond donors (Lipinski definition) is 1. The molecule has 2 N–H and O–H groups in total. The second kappa shape index (κ2) is 3.91. The van der Waals surface area contributed by atoms with Gasteiger partial charge in [0.1, 0.15) is 0 Å². The van der Waals surface area contributed by atoms with E-state index in [4.69, 9.17) is 5.73 Å². The molecule has 1 fully saturated rings. The number of nitrogens with two attached hydrogens (primary N) is 1. The van der Waals surface area contributed by atoms with Gasteiger partial charge in [0.25, 0.3) is 0 Å². The normalized spacial score (nSPS) is 29.5. The lowest BCUT2D eigenvalue weighted by Crippen LogP contribution is -2.28. The third kappa shape index (κ3) is 3.22. The van der Waals surface area contributed by atoms with Crippen LogP contribution in [0.3, 0.4) is 0 Å². The van der Waals surface area contributed by atoms with Crippen molar-refractivity contribution in [2.75, 3.05) is 0 Å². The lowest BCUT2D eigenvalue weighted by Gasteiger charge is -2.19. The molecule has 2 atom stereocenters. The van der Waals surface area contributed by atoms with Crippen LogP contribution in [0, 0.1) is 11.8 Å². The van der Waals surface area contributed by atoms with Crippen molar-refractivity contribution in [1.82, 2.24) is 0 Å². The van der Waals surface area contributed by atoms with Crippen molar-refractivity contribution in [3.63, 3.8) is 0 Å². The van der Waals surface area contributed by atoms with Crippen LogP contribution in [0.5, 0.6) is 0 Å². The Morgan fingerprint density at radius 2 is 2.08 bits per heavy atom. The molecule has 1 nitrogen and oxygen atoms in total. The van der Waals surface area contributed by atoms with Crippen LogP contribution in [0.15, 0.2) is 0 Å². The number of alkyl halides is 2. The first-order valence-electron chi connectivity index (χ1n) is 5.04. The Labute approximate surface area is 78.7 Å². The zero-order valence-corrected chi connectivity index (χ0v) is 8.39. The molecule has 3 heteroatoms. The maximum atomic E-state index is 12.8. The minimum atomic E-state index is -2.42. The van der Waals surface area contributed by atoms with E-state index in [1.165, 1.54) is 0 Å². The van der Waals surface area contributed by atoms with E-state index in [1.807, 2.05) is 13.8 Å². The molecule has 0 spiro atoms. The first-order valence-corrected chi connectivity index (χ1v) is 5.04. The Balaban J connectivity index is 2.32. The number of rotatable bonds is 3. The van der Waals surface area contributed by atoms with Crippen LogP contribution in [0.2, 0.25) is 0 Å². The van der Waals surface area contributed by atoms with Crippen LogP contribution in [-0.2, 0) is 0 Å². The molecular formula is C10H19F2N. The molecule has 1 saturated carbocycles. The second-order valence-electron chi connectivity index (χ2n) is 4.61. The van der Waals surface area contributed by atoms with Gasteiger partial charge in [0.15, 0.2) is 0 Å². The molecule has 1 rings (SSSR count). The monoisotopic (exact) mass is 191 g/mol. The van der Waals surface area contributed by atoms with E-state index < -0.39 is 5.92 Å². The number of hydrogen-bond acceptors (Lipinski definition) is 1. The Morgan fingerprint density at radius 3 is 2.46 bits per heavy atom. The Bertz CT molecular complexity index is 168. The van der Waals surface area contributed by atoms with Gasteiger partial charge in [-0.1, -0.05) is 13.8 Å². The Kier molecular flexibility index (Phi) is 3.28. The minimum absolute atomic E-state index is 0.0490. The molecule has 0 radical (unpaired) electrons. The van der Waals surface area contributed by atoms with Gasteiger partial charge in [-0.05, 0) is 24.7 Å². The fraction of sp³-hybridized carbons (Fsp3) is 1.00. The summed E-state index contributed by atoms with van der Waals surface area (Å²) in [6.45, 7) is 4.08. The molecule has 0 aromatic heterocycles. The van der Waals surface area contributed by atoms with E-state index in [0.29, 0.717) is 12.3 Å². The van der Waals surface area contributed by atoms with E-state index >= 15 is 0 Å². The fourth-order valence-corrected chi connectivity index (χ4v) is 1.90. The van der Waals surface area contributed by atoms with Gasteiger partial charge in [-0.15, -0.1) is 0 Å². The highest BCUT2D eigenvalue weighted by Crippen LogP contribution is 2.40. The van der Waals surface area contributed by atoms with Crippen molar-refractivity contribution in [2.24, 2.45) is 17.6 Å². The summed E-state index contributed by atoms with van der Waals surface area (Å²) in [7, 11) is 0. The molecule has 1 aliphatic rings. The summed E-state index contributed by atoms with van der Waals surface area (Å²) < 4.78 is 25.6. The van der Waals surface area contributed by atoms with Crippen molar-refractivity contribution in [2.45, 2.75) is 51.5 Å². The van der Waals surface area contributed by atoms with Crippen molar-refractivity contribution in [3.05, 3.63) is 0 Å². The number of halogens is 2. The van der Waals surface area contributed by atoms with E-state index in [-0.39, 0.29) is 24.8 Å². The van der Waals surface area contributed by atoms with Gasteiger partial charge in [0.2, 0.25) is 5.92 Å². The van der Waals surface area contributed by atoms with Crippen LogP contribution >= 0.6 is 0 Å². The molecule has 0 saturated heterocycles. The third-order valence-electron chi connectivity index (χ3n) is 2.97. The molecule has 0 aromatic rings. The average molecular weight is 191 g/mol. The van der Waals surface area contributed by atoms with E-state index in [9.17, 15) is 8.78 Å². The molecule has 1 aliphatic carbocycles. The summed E-state index contributed by atoms with van der Waals surface area (Å²) in [5.74, 6) is -1.87. The van der Waals surface area contributed by atoms with Crippen LogP contribution in [0.4, 0.5) is 8.78 Å². The topological polar surface area (TPSA) is 26.0 Å². The Hall–Kier alpha value is -0.180. The molecule has 0 amide bonds. The van der Waals surface area contributed by atoms with Gasteiger partial charge < -0.3 is 5.73 Å². The van der Waals surface area contributed by atoms with Gasteiger partial charge >= 0.3 is 0 Å². The van der Waals surface area contributed by atoms with Gasteiger partial charge in [-0.3, -0.25) is 0 Å². The highest BCUT2D eigenvalue weighted by molar-refractivity contribution is 4.84. The maximum absolute atomic E-state index is 12.8. The summed E-state index contributed by atoms with van der Waals surface area (Å²) >= 11 is 0. The van der Waals surface area contributed by atoms with Crippen LogP contribution in [0.1, 0.15) is 39.5 Å². The SMILES string of the molecule is CC(C)C(N)CC1CCC(F)(F)C1. The molecule has 0 aromatic carbocycles. The zero-order valence-electron chi connectivity index (χ0n) is 8.39. The quantitative estimate of drug-likeness (QED) is 0.729. The van der Waals surface area contributed by atoms with E-state index in [1.54, 1.807) is 0 Å². The van der Waals surface area contributed by atoms with E-state index in [0.717, 1.165) is 6.42 Å². The molecular weight excluding hydrogens is 172 g/mol. The van der Waals surface area contributed by atoms with Crippen LogP contribution in [-0.4, -0.2) is 12.0 Å². The summed E-state index contributed by atoms with van der Waals surface area (Å²) in [5.41, 5.74) is 5.84. The third-order valence-corrected chi connectivity index (χ3v) is 2.97. The predicted molar refractivity (Wildman–Crippen MR) is 49.7 cm³/mol. The van der Waals surface area contributed by atoms with Gasteiger partial charge in [0.05, 0.1) is 0 Å². The standard InChI is InChI=1S/C10H19F2N/c1-7(2)9(13)5-8-3-4-10(11,12)6-8/h7-9H,3-6,13H2,1-2H3. The second-order valence-corrected chi connectivity index (χ2v) is 4.61.